The summed E-state index contributed by atoms with van der Waals surface area (Å²) in [7, 11) is 0. The van der Waals surface area contributed by atoms with Crippen molar-refractivity contribution < 1.29 is 4.39 Å². The molecule has 0 radical (unpaired) electrons. The number of aryl methyl sites for hydroxylation is 1. The molecule has 0 atom stereocenters. The molecule has 2 aromatic rings. The normalized spacial score (nSPS) is 10.5. The minimum atomic E-state index is -0.316. The molecule has 0 aliphatic rings. The van der Waals surface area contributed by atoms with Crippen LogP contribution in [0, 0.1) is 26.6 Å². The van der Waals surface area contributed by atoms with Crippen LogP contribution in [0.2, 0.25) is 5.15 Å². The van der Waals surface area contributed by atoms with Crippen molar-refractivity contribution in [2.24, 2.45) is 0 Å². The Kier molecular flexibility index (Phi) is 3.48. The van der Waals surface area contributed by atoms with Crippen molar-refractivity contribution in [1.29, 1.82) is 0 Å². The van der Waals surface area contributed by atoms with Crippen LogP contribution in [0.5, 0.6) is 0 Å². The zero-order valence-corrected chi connectivity index (χ0v) is 11.1. The highest BCUT2D eigenvalue weighted by Gasteiger charge is 2.10. The Bertz CT molecular complexity index is 599. The average molecular weight is 266 g/mol. The van der Waals surface area contributed by atoms with Gasteiger partial charge in [-0.1, -0.05) is 17.7 Å². The Morgan fingerprint density at radius 1 is 1.11 bits per heavy atom. The third kappa shape index (κ3) is 2.43. The van der Waals surface area contributed by atoms with E-state index >= 15 is 0 Å². The van der Waals surface area contributed by atoms with E-state index in [1.54, 1.807) is 6.07 Å². The lowest BCUT2D eigenvalue weighted by Crippen LogP contribution is -2.02. The highest BCUT2D eigenvalue weighted by molar-refractivity contribution is 6.30. The standard InChI is InChI=1S/C13H13ClFN3/c1-7-4-5-11(10(15)6-7)16-13-9(3)8(2)12(14)17-18-13/h4-6H,1-3H3,(H,16,18). The zero-order valence-electron chi connectivity index (χ0n) is 10.4. The smallest absolute Gasteiger partial charge is 0.156 e. The molecule has 1 N–H and O–H groups in total. The fourth-order valence-electron chi connectivity index (χ4n) is 1.54. The minimum absolute atomic E-state index is 0.316. The third-order valence-corrected chi connectivity index (χ3v) is 3.20. The predicted molar refractivity (Wildman–Crippen MR) is 70.9 cm³/mol. The Morgan fingerprint density at radius 2 is 1.83 bits per heavy atom. The van der Waals surface area contributed by atoms with Crippen LogP contribution < -0.4 is 5.32 Å². The second kappa shape index (κ2) is 4.90. The van der Waals surface area contributed by atoms with E-state index in [1.165, 1.54) is 6.07 Å². The number of aromatic nitrogens is 2. The second-order valence-corrected chi connectivity index (χ2v) is 4.56. The summed E-state index contributed by atoms with van der Waals surface area (Å²) in [5, 5.41) is 11.0. The van der Waals surface area contributed by atoms with Crippen molar-refractivity contribution in [3.63, 3.8) is 0 Å². The highest BCUT2D eigenvalue weighted by atomic mass is 35.5. The van der Waals surface area contributed by atoms with Gasteiger partial charge in [0.2, 0.25) is 0 Å². The van der Waals surface area contributed by atoms with E-state index in [1.807, 2.05) is 26.8 Å². The van der Waals surface area contributed by atoms with E-state index < -0.39 is 0 Å². The summed E-state index contributed by atoms with van der Waals surface area (Å²) in [6.45, 7) is 5.55. The Hall–Kier alpha value is -1.68. The van der Waals surface area contributed by atoms with Crippen LogP contribution >= 0.6 is 11.6 Å². The fraction of sp³-hybridized carbons (Fsp3) is 0.231. The quantitative estimate of drug-likeness (QED) is 0.894. The van der Waals surface area contributed by atoms with Crippen LogP contribution in [0.4, 0.5) is 15.9 Å². The number of benzene rings is 1. The zero-order chi connectivity index (χ0) is 13.3. The topological polar surface area (TPSA) is 37.8 Å². The lowest BCUT2D eigenvalue weighted by molar-refractivity contribution is 0.630. The van der Waals surface area contributed by atoms with Crippen molar-refractivity contribution in [3.8, 4) is 0 Å². The van der Waals surface area contributed by atoms with Gasteiger partial charge in [0.05, 0.1) is 5.69 Å². The second-order valence-electron chi connectivity index (χ2n) is 4.20. The number of hydrogen-bond donors (Lipinski definition) is 1. The number of nitrogens with one attached hydrogen (secondary N) is 1. The molecule has 5 heteroatoms. The maximum atomic E-state index is 13.7. The lowest BCUT2D eigenvalue weighted by atomic mass is 10.2. The SMILES string of the molecule is Cc1ccc(Nc2nnc(Cl)c(C)c2C)c(F)c1. The molecule has 1 aromatic carbocycles. The monoisotopic (exact) mass is 265 g/mol. The molecule has 0 saturated heterocycles. The number of anilines is 2. The van der Waals surface area contributed by atoms with Crippen LogP contribution in [0.1, 0.15) is 16.7 Å². The molecule has 0 fully saturated rings. The van der Waals surface area contributed by atoms with E-state index in [4.69, 9.17) is 11.6 Å². The largest absolute Gasteiger partial charge is 0.336 e. The Balaban J connectivity index is 2.37. The molecule has 0 amide bonds. The molecule has 1 heterocycles. The van der Waals surface area contributed by atoms with E-state index in [0.29, 0.717) is 16.7 Å². The fourth-order valence-corrected chi connectivity index (χ4v) is 1.72. The molecule has 0 spiro atoms. The van der Waals surface area contributed by atoms with Crippen LogP contribution in [0.25, 0.3) is 0 Å². The maximum Gasteiger partial charge on any atom is 0.156 e. The molecular formula is C13H13ClFN3. The molecule has 1 aromatic heterocycles. The van der Waals surface area contributed by atoms with Gasteiger partial charge in [0.25, 0.3) is 0 Å². The van der Waals surface area contributed by atoms with E-state index in [0.717, 1.165) is 16.7 Å². The van der Waals surface area contributed by atoms with Crippen LogP contribution in [-0.2, 0) is 0 Å². The molecule has 18 heavy (non-hydrogen) atoms. The van der Waals surface area contributed by atoms with E-state index in [-0.39, 0.29) is 5.82 Å². The van der Waals surface area contributed by atoms with E-state index in [2.05, 4.69) is 15.5 Å². The lowest BCUT2D eigenvalue weighted by Gasteiger charge is -2.11. The molecule has 0 bridgehead atoms. The number of hydrogen-bond acceptors (Lipinski definition) is 3. The van der Waals surface area contributed by atoms with Gasteiger partial charge in [-0.3, -0.25) is 0 Å². The van der Waals surface area contributed by atoms with Crippen LogP contribution in [0.15, 0.2) is 18.2 Å². The molecule has 0 aliphatic carbocycles. The summed E-state index contributed by atoms with van der Waals surface area (Å²) in [5.41, 5.74) is 2.93. The van der Waals surface area contributed by atoms with Crippen molar-refractivity contribution in [1.82, 2.24) is 10.2 Å². The van der Waals surface area contributed by atoms with Gasteiger partial charge in [-0.25, -0.2) is 4.39 Å². The van der Waals surface area contributed by atoms with Gasteiger partial charge >= 0.3 is 0 Å². The first-order valence-corrected chi connectivity index (χ1v) is 5.89. The number of rotatable bonds is 2. The molecule has 0 unspecified atom stereocenters. The van der Waals surface area contributed by atoms with Gasteiger partial charge in [-0.2, -0.15) is 0 Å². The third-order valence-electron chi connectivity index (χ3n) is 2.84. The van der Waals surface area contributed by atoms with Crippen molar-refractivity contribution in [3.05, 3.63) is 45.9 Å². The Morgan fingerprint density at radius 3 is 2.50 bits per heavy atom. The summed E-state index contributed by atoms with van der Waals surface area (Å²) >= 11 is 5.87. The van der Waals surface area contributed by atoms with Crippen LogP contribution in [0.3, 0.4) is 0 Å². The summed E-state index contributed by atoms with van der Waals surface area (Å²) in [6.07, 6.45) is 0. The predicted octanol–water partition coefficient (Wildman–Crippen LogP) is 3.94. The number of halogens is 2. The summed E-state index contributed by atoms with van der Waals surface area (Å²) in [6, 6.07) is 4.97. The van der Waals surface area contributed by atoms with Crippen LogP contribution in [-0.4, -0.2) is 10.2 Å². The first-order valence-electron chi connectivity index (χ1n) is 5.51. The molecule has 0 saturated carbocycles. The van der Waals surface area contributed by atoms with Crippen molar-refractivity contribution in [2.75, 3.05) is 5.32 Å². The van der Waals surface area contributed by atoms with Crippen molar-refractivity contribution >= 4 is 23.1 Å². The first-order chi connectivity index (χ1) is 8.49. The summed E-state index contributed by atoms with van der Waals surface area (Å²) in [4.78, 5) is 0. The summed E-state index contributed by atoms with van der Waals surface area (Å²) < 4.78 is 13.7. The molecule has 2 rings (SSSR count). The highest BCUT2D eigenvalue weighted by Crippen LogP contribution is 2.25. The van der Waals surface area contributed by atoms with E-state index in [9.17, 15) is 4.39 Å². The Labute approximate surface area is 110 Å². The minimum Gasteiger partial charge on any atom is -0.336 e. The van der Waals surface area contributed by atoms with Gasteiger partial charge in [-0.15, -0.1) is 10.2 Å². The van der Waals surface area contributed by atoms with Gasteiger partial charge < -0.3 is 5.32 Å². The van der Waals surface area contributed by atoms with Gasteiger partial charge in [0, 0.05) is 0 Å². The maximum absolute atomic E-state index is 13.7. The number of nitrogens with zero attached hydrogens (tertiary/aromatic N) is 2. The van der Waals surface area contributed by atoms with Crippen molar-refractivity contribution in [2.45, 2.75) is 20.8 Å². The molecule has 3 nitrogen and oxygen atoms in total. The molecule has 94 valence electrons. The summed E-state index contributed by atoms with van der Waals surface area (Å²) in [5.74, 6) is 0.198. The van der Waals surface area contributed by atoms with Gasteiger partial charge in [0.1, 0.15) is 5.82 Å². The van der Waals surface area contributed by atoms with Gasteiger partial charge in [-0.05, 0) is 49.6 Å². The molecule has 0 aliphatic heterocycles. The van der Waals surface area contributed by atoms with Gasteiger partial charge in [0.15, 0.2) is 11.0 Å². The average Bonchev–Trinajstić information content (AvgIpc) is 2.33. The first kappa shape index (κ1) is 12.8. The molecular weight excluding hydrogens is 253 g/mol.